The lowest BCUT2D eigenvalue weighted by Crippen LogP contribution is -2.31. The Labute approximate surface area is 204 Å². The number of aromatic nitrogens is 2. The number of amides is 1. The highest BCUT2D eigenvalue weighted by molar-refractivity contribution is 6.06. The Kier molecular flexibility index (Phi) is 7.74. The Hall–Kier alpha value is -3.64. The Morgan fingerprint density at radius 3 is 2.41 bits per heavy atom. The van der Waals surface area contributed by atoms with E-state index >= 15 is 0 Å². The molecule has 5 nitrogen and oxygen atoms in total. The van der Waals surface area contributed by atoms with Crippen molar-refractivity contribution in [3.05, 3.63) is 102 Å². The third kappa shape index (κ3) is 4.68. The number of hydrogen-bond acceptors (Lipinski definition) is 3. The zero-order valence-electron chi connectivity index (χ0n) is 19.4. The topological polar surface area (TPSA) is 47.4 Å². The number of aryl methyl sites for hydroxylation is 1. The van der Waals surface area contributed by atoms with Gasteiger partial charge in [-0.15, -0.1) is 19.0 Å². The summed E-state index contributed by atoms with van der Waals surface area (Å²) in [4.78, 5) is 19.9. The van der Waals surface area contributed by atoms with Gasteiger partial charge in [0.05, 0.1) is 24.9 Å². The lowest BCUT2D eigenvalue weighted by Gasteiger charge is -2.23. The summed E-state index contributed by atoms with van der Waals surface area (Å²) in [6.45, 7) is 8.91. The first-order chi connectivity index (χ1) is 15.9. The molecule has 7 heteroatoms. The van der Waals surface area contributed by atoms with E-state index in [-0.39, 0.29) is 30.7 Å². The average molecular weight is 480 g/mol. The number of carbonyl (C=O) groups is 1. The van der Waals surface area contributed by atoms with Crippen LogP contribution in [0.3, 0.4) is 0 Å². The lowest BCUT2D eigenvalue weighted by molar-refractivity contribution is 0.0985. The minimum absolute atomic E-state index is 0. The molecule has 0 spiro atoms. The van der Waals surface area contributed by atoms with Gasteiger partial charge in [-0.1, -0.05) is 6.08 Å². The number of pyridine rings is 1. The van der Waals surface area contributed by atoms with Gasteiger partial charge in [-0.3, -0.25) is 9.78 Å². The number of benzene rings is 2. The van der Waals surface area contributed by atoms with Crippen LogP contribution in [0.2, 0.25) is 0 Å². The molecule has 2 aromatic carbocycles. The zero-order valence-corrected chi connectivity index (χ0v) is 20.2. The molecule has 2 heterocycles. The van der Waals surface area contributed by atoms with Gasteiger partial charge in [0.15, 0.2) is 0 Å². The number of halogens is 2. The van der Waals surface area contributed by atoms with Crippen molar-refractivity contribution in [1.82, 2.24) is 9.55 Å². The van der Waals surface area contributed by atoms with Gasteiger partial charge in [0.2, 0.25) is 0 Å². The molecule has 0 aliphatic carbocycles. The van der Waals surface area contributed by atoms with E-state index in [2.05, 4.69) is 30.0 Å². The van der Waals surface area contributed by atoms with Crippen LogP contribution in [0.25, 0.3) is 10.9 Å². The summed E-state index contributed by atoms with van der Waals surface area (Å²) in [5, 5.41) is 1.09. The van der Waals surface area contributed by atoms with E-state index in [1.54, 1.807) is 54.6 Å². The van der Waals surface area contributed by atoms with Crippen LogP contribution in [-0.4, -0.2) is 22.6 Å². The minimum Gasteiger partial charge on any atom is -0.497 e. The summed E-state index contributed by atoms with van der Waals surface area (Å²) in [7, 11) is 1.58. The van der Waals surface area contributed by atoms with Crippen LogP contribution < -0.4 is 9.64 Å². The SMILES string of the molecule is C=CCn1c(C)c(C)c2ccnc(CN(C(=O)c3ccc(OC)cc3)c3ccc(F)cc3)c21.Cl. The predicted octanol–water partition coefficient (Wildman–Crippen LogP) is 6.26. The minimum atomic E-state index is -0.359. The van der Waals surface area contributed by atoms with E-state index in [9.17, 15) is 9.18 Å². The predicted molar refractivity (Wildman–Crippen MR) is 137 cm³/mol. The molecule has 0 fully saturated rings. The molecule has 4 rings (SSSR count). The fourth-order valence-electron chi connectivity index (χ4n) is 4.08. The Bertz CT molecular complexity index is 1310. The monoisotopic (exact) mass is 479 g/mol. The zero-order chi connectivity index (χ0) is 23.5. The molecule has 0 N–H and O–H groups in total. The number of allylic oxidation sites excluding steroid dienone is 1. The van der Waals surface area contributed by atoms with Gasteiger partial charge in [-0.25, -0.2) is 4.39 Å². The summed E-state index contributed by atoms with van der Waals surface area (Å²) in [5.74, 6) is 0.0970. The van der Waals surface area contributed by atoms with Gasteiger partial charge in [0.1, 0.15) is 11.6 Å². The molecule has 0 saturated carbocycles. The fraction of sp³-hybridized carbons (Fsp3) is 0.185. The molecule has 34 heavy (non-hydrogen) atoms. The van der Waals surface area contributed by atoms with Gasteiger partial charge in [0, 0.05) is 35.1 Å². The number of anilines is 1. The number of methoxy groups -OCH3 is 1. The van der Waals surface area contributed by atoms with Crippen LogP contribution in [0.1, 0.15) is 27.3 Å². The quantitative estimate of drug-likeness (QED) is 0.294. The highest BCUT2D eigenvalue weighted by Gasteiger charge is 2.22. The second-order valence-corrected chi connectivity index (χ2v) is 7.86. The molecule has 0 bridgehead atoms. The van der Waals surface area contributed by atoms with Crippen molar-refractivity contribution in [3.63, 3.8) is 0 Å². The number of ether oxygens (including phenoxy) is 1. The highest BCUT2D eigenvalue weighted by atomic mass is 35.5. The number of fused-ring (bicyclic) bond motifs is 1. The van der Waals surface area contributed by atoms with Crippen molar-refractivity contribution < 1.29 is 13.9 Å². The summed E-state index contributed by atoms with van der Waals surface area (Å²) in [6, 6.07) is 14.9. The smallest absolute Gasteiger partial charge is 0.258 e. The lowest BCUT2D eigenvalue weighted by atomic mass is 10.1. The summed E-state index contributed by atoms with van der Waals surface area (Å²) in [5.41, 5.74) is 5.13. The van der Waals surface area contributed by atoms with E-state index < -0.39 is 0 Å². The van der Waals surface area contributed by atoms with Crippen LogP contribution >= 0.6 is 12.4 Å². The Morgan fingerprint density at radius 2 is 1.79 bits per heavy atom. The van der Waals surface area contributed by atoms with Crippen LogP contribution in [-0.2, 0) is 13.1 Å². The van der Waals surface area contributed by atoms with Crippen molar-refractivity contribution in [2.24, 2.45) is 0 Å². The van der Waals surface area contributed by atoms with Crippen molar-refractivity contribution in [2.45, 2.75) is 26.9 Å². The second kappa shape index (κ2) is 10.5. The van der Waals surface area contributed by atoms with E-state index in [0.29, 0.717) is 23.5 Å². The third-order valence-electron chi connectivity index (χ3n) is 5.96. The van der Waals surface area contributed by atoms with Gasteiger partial charge in [-0.2, -0.15) is 0 Å². The molecule has 176 valence electrons. The molecule has 2 aromatic heterocycles. The van der Waals surface area contributed by atoms with Crippen molar-refractivity contribution >= 4 is 34.9 Å². The second-order valence-electron chi connectivity index (χ2n) is 7.86. The summed E-state index contributed by atoms with van der Waals surface area (Å²) < 4.78 is 21.0. The van der Waals surface area contributed by atoms with E-state index in [1.807, 2.05) is 12.1 Å². The average Bonchev–Trinajstić information content (AvgIpc) is 3.08. The first kappa shape index (κ1) is 25.0. The first-order valence-corrected chi connectivity index (χ1v) is 10.7. The number of rotatable bonds is 7. The van der Waals surface area contributed by atoms with E-state index in [1.165, 1.54) is 17.7 Å². The van der Waals surface area contributed by atoms with Crippen LogP contribution in [0.4, 0.5) is 10.1 Å². The standard InChI is InChI=1S/C27H26FN3O2.ClH/c1-5-16-30-19(3)18(2)24-14-15-29-25(26(24)30)17-31(22-10-8-21(28)9-11-22)27(32)20-6-12-23(33-4)13-7-20;/h5-15H,1,16-17H2,2-4H3;1H. The molecular formula is C27H27ClFN3O2. The molecule has 0 aliphatic rings. The van der Waals surface area contributed by atoms with Crippen LogP contribution in [0.5, 0.6) is 5.75 Å². The van der Waals surface area contributed by atoms with Gasteiger partial charge in [0.25, 0.3) is 5.91 Å². The third-order valence-corrected chi connectivity index (χ3v) is 5.96. The Balaban J connectivity index is 0.00000324. The summed E-state index contributed by atoms with van der Waals surface area (Å²) >= 11 is 0. The first-order valence-electron chi connectivity index (χ1n) is 10.7. The fourth-order valence-corrected chi connectivity index (χ4v) is 4.08. The van der Waals surface area contributed by atoms with Crippen LogP contribution in [0.15, 0.2) is 73.4 Å². The molecule has 0 aliphatic heterocycles. The maximum Gasteiger partial charge on any atom is 0.258 e. The normalized spacial score (nSPS) is 10.6. The van der Waals surface area contributed by atoms with Gasteiger partial charge >= 0.3 is 0 Å². The largest absolute Gasteiger partial charge is 0.497 e. The molecule has 0 atom stereocenters. The molecule has 0 saturated heterocycles. The van der Waals surface area contributed by atoms with Gasteiger partial charge < -0.3 is 14.2 Å². The molecule has 0 unspecified atom stereocenters. The van der Waals surface area contributed by atoms with Crippen LogP contribution in [0, 0.1) is 19.7 Å². The number of nitrogens with zero attached hydrogens (tertiary/aromatic N) is 3. The highest BCUT2D eigenvalue weighted by Crippen LogP contribution is 2.29. The number of carbonyl (C=O) groups excluding carboxylic acids is 1. The molecule has 4 aromatic rings. The molecular weight excluding hydrogens is 453 g/mol. The maximum atomic E-state index is 13.6. The van der Waals surface area contributed by atoms with E-state index in [4.69, 9.17) is 4.74 Å². The molecule has 1 amide bonds. The van der Waals surface area contributed by atoms with Gasteiger partial charge in [-0.05, 0) is 74.0 Å². The van der Waals surface area contributed by atoms with E-state index in [0.717, 1.165) is 22.3 Å². The summed E-state index contributed by atoms with van der Waals surface area (Å²) in [6.07, 6.45) is 3.62. The van der Waals surface area contributed by atoms with Crippen molar-refractivity contribution in [3.8, 4) is 5.75 Å². The van der Waals surface area contributed by atoms with Crippen molar-refractivity contribution in [2.75, 3.05) is 12.0 Å². The van der Waals surface area contributed by atoms with Crippen molar-refractivity contribution in [1.29, 1.82) is 0 Å². The maximum absolute atomic E-state index is 13.6. The molecule has 0 radical (unpaired) electrons. The number of hydrogen-bond donors (Lipinski definition) is 0. The Morgan fingerprint density at radius 1 is 1.12 bits per heavy atom.